The number of amides is 2. The van der Waals surface area contributed by atoms with Gasteiger partial charge >= 0.3 is 0 Å². The van der Waals surface area contributed by atoms with Crippen molar-refractivity contribution in [3.8, 4) is 11.5 Å². The Morgan fingerprint density at radius 1 is 1.00 bits per heavy atom. The summed E-state index contributed by atoms with van der Waals surface area (Å²) in [5, 5.41) is 11.4. The van der Waals surface area contributed by atoms with Crippen LogP contribution in [-0.2, 0) is 22.6 Å². The van der Waals surface area contributed by atoms with E-state index in [1.807, 2.05) is 12.1 Å². The molecule has 0 saturated carbocycles. The normalized spacial score (nSPS) is 14.6. The molecule has 1 fully saturated rings. The van der Waals surface area contributed by atoms with Gasteiger partial charge in [0.2, 0.25) is 12.7 Å². The van der Waals surface area contributed by atoms with E-state index in [4.69, 9.17) is 30.2 Å². The molecule has 13 heteroatoms. The van der Waals surface area contributed by atoms with Crippen molar-refractivity contribution >= 4 is 29.1 Å². The van der Waals surface area contributed by atoms with Gasteiger partial charge in [0.1, 0.15) is 17.3 Å². The number of hydrogen-bond acceptors (Lipinski definition) is 9. The molecule has 2 aliphatic heterocycles. The lowest BCUT2D eigenvalue weighted by atomic mass is 10.1. The second-order valence-electron chi connectivity index (χ2n) is 9.62. The van der Waals surface area contributed by atoms with Crippen molar-refractivity contribution in [1.82, 2.24) is 14.7 Å². The first-order valence-electron chi connectivity index (χ1n) is 13.1. The van der Waals surface area contributed by atoms with Crippen molar-refractivity contribution in [1.29, 1.82) is 0 Å². The van der Waals surface area contributed by atoms with Gasteiger partial charge in [0, 0.05) is 44.4 Å². The van der Waals surface area contributed by atoms with Gasteiger partial charge in [0.05, 0.1) is 30.9 Å². The molecule has 0 spiro atoms. The summed E-state index contributed by atoms with van der Waals surface area (Å²) in [6.07, 6.45) is 1.53. The largest absolute Gasteiger partial charge is 0.467 e. The van der Waals surface area contributed by atoms with Crippen LogP contribution in [0, 0.1) is 10.1 Å². The van der Waals surface area contributed by atoms with Crippen LogP contribution in [0.1, 0.15) is 21.7 Å². The van der Waals surface area contributed by atoms with Crippen molar-refractivity contribution in [2.45, 2.75) is 13.1 Å². The average molecular weight is 585 g/mol. The number of furan rings is 1. The number of nitro benzene ring substituents is 1. The van der Waals surface area contributed by atoms with Crippen molar-refractivity contribution in [2.75, 3.05) is 52.7 Å². The topological polar surface area (TPSA) is 128 Å². The first kappa shape index (κ1) is 28.4. The standard InChI is InChI=1S/C28H29ClN4O8/c29-23-5-4-21(15-24(23)33(36)37)28(35)31(8-7-30-9-12-38-13-10-30)18-27(34)32(17-22-2-1-11-39-22)16-20-3-6-25-26(14-20)41-19-40-25/h1-6,11,14-15H,7-10,12-13,16-19H2. The van der Waals surface area contributed by atoms with E-state index in [9.17, 15) is 19.7 Å². The van der Waals surface area contributed by atoms with Gasteiger partial charge in [-0.05, 0) is 42.0 Å². The second kappa shape index (κ2) is 13.0. The molecule has 12 nitrogen and oxygen atoms in total. The number of morpholine rings is 1. The molecule has 0 bridgehead atoms. The van der Waals surface area contributed by atoms with Gasteiger partial charge in [-0.25, -0.2) is 0 Å². The molecular weight excluding hydrogens is 556 g/mol. The molecule has 2 aliphatic rings. The molecule has 0 aliphatic carbocycles. The fourth-order valence-electron chi connectivity index (χ4n) is 4.65. The smallest absolute Gasteiger partial charge is 0.288 e. The number of halogens is 1. The molecule has 2 amide bonds. The van der Waals surface area contributed by atoms with Crippen LogP contribution in [0.25, 0.3) is 0 Å². The van der Waals surface area contributed by atoms with E-state index < -0.39 is 10.8 Å². The van der Waals surface area contributed by atoms with Crippen molar-refractivity contribution in [3.05, 3.63) is 86.8 Å². The quantitative estimate of drug-likeness (QED) is 0.245. The number of fused-ring (bicyclic) bond motifs is 1. The lowest BCUT2D eigenvalue weighted by Gasteiger charge is -2.31. The lowest BCUT2D eigenvalue weighted by Crippen LogP contribution is -2.47. The van der Waals surface area contributed by atoms with Crippen LogP contribution in [0.2, 0.25) is 5.02 Å². The van der Waals surface area contributed by atoms with E-state index in [0.29, 0.717) is 50.1 Å². The van der Waals surface area contributed by atoms with E-state index in [1.165, 1.54) is 23.3 Å². The Labute approximate surface area is 241 Å². The number of rotatable bonds is 11. The average Bonchev–Trinajstić information content (AvgIpc) is 3.67. The molecule has 0 atom stereocenters. The molecule has 1 saturated heterocycles. The highest BCUT2D eigenvalue weighted by atomic mass is 35.5. The van der Waals surface area contributed by atoms with Crippen LogP contribution < -0.4 is 9.47 Å². The Balaban J connectivity index is 1.38. The predicted molar refractivity (Wildman–Crippen MR) is 147 cm³/mol. The number of carbonyl (C=O) groups excluding carboxylic acids is 2. The number of ether oxygens (including phenoxy) is 3. The Kier molecular flexibility index (Phi) is 9.02. The van der Waals surface area contributed by atoms with E-state index in [0.717, 1.165) is 11.6 Å². The second-order valence-corrected chi connectivity index (χ2v) is 10.0. The summed E-state index contributed by atoms with van der Waals surface area (Å²) in [6.45, 7) is 3.63. The molecule has 3 aromatic rings. The number of nitro groups is 1. The molecular formula is C28H29ClN4O8. The molecule has 2 aromatic carbocycles. The minimum Gasteiger partial charge on any atom is -0.467 e. The Morgan fingerprint density at radius 2 is 1.80 bits per heavy atom. The van der Waals surface area contributed by atoms with Crippen LogP contribution in [0.3, 0.4) is 0 Å². The molecule has 3 heterocycles. The van der Waals surface area contributed by atoms with Gasteiger partial charge in [-0.2, -0.15) is 0 Å². The highest BCUT2D eigenvalue weighted by Gasteiger charge is 2.26. The van der Waals surface area contributed by atoms with Crippen molar-refractivity contribution in [2.24, 2.45) is 0 Å². The fraction of sp³-hybridized carbons (Fsp3) is 0.357. The molecule has 0 unspecified atom stereocenters. The zero-order valence-corrected chi connectivity index (χ0v) is 23.0. The zero-order valence-electron chi connectivity index (χ0n) is 22.2. The first-order chi connectivity index (χ1) is 19.9. The third kappa shape index (κ3) is 7.15. The van der Waals surface area contributed by atoms with Crippen molar-refractivity contribution < 1.29 is 33.1 Å². The minimum atomic E-state index is -0.640. The summed E-state index contributed by atoms with van der Waals surface area (Å²) in [7, 11) is 0. The Hall–Kier alpha value is -4.13. The first-order valence-corrected chi connectivity index (χ1v) is 13.5. The summed E-state index contributed by atoms with van der Waals surface area (Å²) < 4.78 is 21.8. The van der Waals surface area contributed by atoms with E-state index in [2.05, 4.69) is 4.90 Å². The van der Waals surface area contributed by atoms with Gasteiger partial charge < -0.3 is 28.4 Å². The number of hydrogen-bond donors (Lipinski definition) is 0. The zero-order chi connectivity index (χ0) is 28.8. The molecule has 41 heavy (non-hydrogen) atoms. The molecule has 0 radical (unpaired) electrons. The summed E-state index contributed by atoms with van der Waals surface area (Å²) >= 11 is 5.97. The number of benzene rings is 2. The molecule has 5 rings (SSSR count). The monoisotopic (exact) mass is 584 g/mol. The highest BCUT2D eigenvalue weighted by Crippen LogP contribution is 2.33. The third-order valence-corrected chi connectivity index (χ3v) is 7.20. The van der Waals surface area contributed by atoms with Gasteiger partial charge in [0.25, 0.3) is 11.6 Å². The summed E-state index contributed by atoms with van der Waals surface area (Å²) in [4.78, 5) is 43.4. The predicted octanol–water partition coefficient (Wildman–Crippen LogP) is 3.57. The molecule has 1 aromatic heterocycles. The maximum Gasteiger partial charge on any atom is 0.288 e. The maximum absolute atomic E-state index is 13.8. The Bertz CT molecular complexity index is 1390. The summed E-state index contributed by atoms with van der Waals surface area (Å²) in [5.41, 5.74) is 0.511. The number of nitrogens with zero attached hydrogens (tertiary/aromatic N) is 4. The SMILES string of the molecule is O=C(CN(CCN1CCOCC1)C(=O)c1ccc(Cl)c([N+](=O)[O-])c1)N(Cc1ccc2c(c1)OCO2)Cc1ccco1. The van der Waals surface area contributed by atoms with Crippen LogP contribution in [0.4, 0.5) is 5.69 Å². The molecule has 216 valence electrons. The maximum atomic E-state index is 13.8. The van der Waals surface area contributed by atoms with E-state index in [1.54, 1.807) is 23.1 Å². The van der Waals surface area contributed by atoms with Gasteiger partial charge in [0.15, 0.2) is 11.5 Å². The summed E-state index contributed by atoms with van der Waals surface area (Å²) in [5.74, 6) is 0.984. The van der Waals surface area contributed by atoms with Gasteiger partial charge in [-0.15, -0.1) is 0 Å². The fourth-order valence-corrected chi connectivity index (χ4v) is 4.84. The summed E-state index contributed by atoms with van der Waals surface area (Å²) in [6, 6.07) is 12.9. The number of carbonyl (C=O) groups is 2. The van der Waals surface area contributed by atoms with E-state index in [-0.39, 0.29) is 55.2 Å². The van der Waals surface area contributed by atoms with Gasteiger partial charge in [-0.3, -0.25) is 24.6 Å². The molecule has 0 N–H and O–H groups in total. The Morgan fingerprint density at radius 3 is 2.56 bits per heavy atom. The van der Waals surface area contributed by atoms with Crippen LogP contribution in [-0.4, -0.2) is 84.2 Å². The van der Waals surface area contributed by atoms with Crippen molar-refractivity contribution in [3.63, 3.8) is 0 Å². The highest BCUT2D eigenvalue weighted by molar-refractivity contribution is 6.32. The lowest BCUT2D eigenvalue weighted by molar-refractivity contribution is -0.384. The van der Waals surface area contributed by atoms with Crippen LogP contribution in [0.5, 0.6) is 11.5 Å². The van der Waals surface area contributed by atoms with E-state index >= 15 is 0 Å². The van der Waals surface area contributed by atoms with Gasteiger partial charge in [-0.1, -0.05) is 17.7 Å². The van der Waals surface area contributed by atoms with Crippen LogP contribution >= 0.6 is 11.6 Å². The third-order valence-electron chi connectivity index (χ3n) is 6.88. The van der Waals surface area contributed by atoms with Crippen LogP contribution in [0.15, 0.2) is 59.2 Å². The minimum absolute atomic E-state index is 0.0733.